The first-order chi connectivity index (χ1) is 8.54. The Hall–Kier alpha value is -0.611. The number of hydrogen-bond acceptors (Lipinski definition) is 2. The van der Waals surface area contributed by atoms with E-state index in [1.54, 1.807) is 11.2 Å². The molecule has 2 rings (SSSR count). The molecule has 3 nitrogen and oxygen atoms in total. The SMILES string of the molecule is CCS(=O)(=O)N1CCC(C)=C(c2cc[c-]cc2)C1.[CH3-].[Fe+2]. The van der Waals surface area contributed by atoms with Crippen LogP contribution < -0.4 is 0 Å². The molecule has 0 bridgehead atoms. The Morgan fingerprint density at radius 3 is 2.45 bits per heavy atom. The molecule has 0 saturated heterocycles. The van der Waals surface area contributed by atoms with E-state index >= 15 is 0 Å². The van der Waals surface area contributed by atoms with Crippen molar-refractivity contribution in [2.45, 2.75) is 20.3 Å². The second kappa shape index (κ2) is 7.99. The number of nitrogens with zero attached hydrogens (tertiary/aromatic N) is 1. The molecule has 0 radical (unpaired) electrons. The molecule has 1 heterocycles. The fourth-order valence-corrected chi connectivity index (χ4v) is 3.24. The standard InChI is InChI=1S/C14H18NO2S.CH3.Fe/c1-3-18(16,17)15-10-9-12(2)14(11-15)13-7-5-4-6-8-13;;/h5-8H,3,9-11H2,1-2H3;1H3;/q2*-1;+2. The van der Waals surface area contributed by atoms with Crippen LogP contribution in [-0.2, 0) is 27.1 Å². The zero-order valence-electron chi connectivity index (χ0n) is 12.2. The molecule has 5 heteroatoms. The van der Waals surface area contributed by atoms with Crippen LogP contribution >= 0.6 is 0 Å². The third kappa shape index (κ3) is 4.19. The molecule has 20 heavy (non-hydrogen) atoms. The Bertz CT molecular complexity index is 552. The van der Waals surface area contributed by atoms with Gasteiger partial charge in [0.2, 0.25) is 10.0 Å². The van der Waals surface area contributed by atoms with Crippen LogP contribution in [0.5, 0.6) is 0 Å². The Kier molecular flexibility index (Phi) is 7.74. The van der Waals surface area contributed by atoms with Crippen molar-refractivity contribution in [1.29, 1.82) is 0 Å². The molecular weight excluding hydrogens is 314 g/mol. The number of hydrogen-bond donors (Lipinski definition) is 0. The third-order valence-corrected chi connectivity index (χ3v) is 5.24. The van der Waals surface area contributed by atoms with Crippen LogP contribution in [0.1, 0.15) is 25.8 Å². The zero-order valence-corrected chi connectivity index (χ0v) is 14.1. The summed E-state index contributed by atoms with van der Waals surface area (Å²) in [5.74, 6) is 0.169. The maximum Gasteiger partial charge on any atom is 2.00 e. The van der Waals surface area contributed by atoms with Gasteiger partial charge in [0.15, 0.2) is 0 Å². The summed E-state index contributed by atoms with van der Waals surface area (Å²) in [6, 6.07) is 10.7. The van der Waals surface area contributed by atoms with Crippen LogP contribution in [0.4, 0.5) is 0 Å². The predicted molar refractivity (Wildman–Crippen MR) is 79.9 cm³/mol. The molecule has 0 spiro atoms. The first kappa shape index (κ1) is 19.4. The monoisotopic (exact) mass is 335 g/mol. The number of rotatable bonds is 3. The van der Waals surface area contributed by atoms with Gasteiger partial charge in [-0.15, -0.1) is 5.56 Å². The van der Waals surface area contributed by atoms with Crippen molar-refractivity contribution in [3.05, 3.63) is 48.9 Å². The summed E-state index contributed by atoms with van der Waals surface area (Å²) >= 11 is 0. The maximum absolute atomic E-state index is 11.9. The number of sulfonamides is 1. The fraction of sp³-hybridized carbons (Fsp3) is 0.400. The first-order valence-corrected chi connectivity index (χ1v) is 7.78. The van der Waals surface area contributed by atoms with E-state index in [-0.39, 0.29) is 30.2 Å². The van der Waals surface area contributed by atoms with Crippen molar-refractivity contribution in [2.75, 3.05) is 18.8 Å². The molecule has 0 fully saturated rings. The minimum atomic E-state index is -3.09. The quantitative estimate of drug-likeness (QED) is 0.629. The largest absolute Gasteiger partial charge is 2.00 e. The molecule has 0 atom stereocenters. The molecule has 0 saturated carbocycles. The van der Waals surface area contributed by atoms with Gasteiger partial charge in [-0.2, -0.15) is 34.6 Å². The van der Waals surface area contributed by atoms with Gasteiger partial charge in [0.25, 0.3) is 0 Å². The van der Waals surface area contributed by atoms with Crippen LogP contribution in [-0.4, -0.2) is 31.6 Å². The predicted octanol–water partition coefficient (Wildman–Crippen LogP) is 2.76. The van der Waals surface area contributed by atoms with Gasteiger partial charge in [-0.1, -0.05) is 11.1 Å². The van der Waals surface area contributed by atoms with E-state index < -0.39 is 10.0 Å². The second-order valence-electron chi connectivity index (χ2n) is 4.53. The Morgan fingerprint density at radius 1 is 1.30 bits per heavy atom. The summed E-state index contributed by atoms with van der Waals surface area (Å²) < 4.78 is 25.5. The average Bonchev–Trinajstić information content (AvgIpc) is 2.40. The molecule has 0 aromatic heterocycles. The van der Waals surface area contributed by atoms with Crippen LogP contribution in [0, 0.1) is 13.5 Å². The molecule has 1 aromatic rings. The van der Waals surface area contributed by atoms with Gasteiger partial charge in [-0.3, -0.25) is 0 Å². The minimum Gasteiger partial charge on any atom is -0.358 e. The Morgan fingerprint density at radius 2 is 1.90 bits per heavy atom. The Balaban J connectivity index is 0.00000180. The van der Waals surface area contributed by atoms with Crippen molar-refractivity contribution >= 4 is 15.6 Å². The van der Waals surface area contributed by atoms with E-state index in [9.17, 15) is 8.42 Å². The van der Waals surface area contributed by atoms with Gasteiger partial charge < -0.3 is 7.43 Å². The van der Waals surface area contributed by atoms with Gasteiger partial charge in [-0.05, 0) is 20.3 Å². The summed E-state index contributed by atoms with van der Waals surface area (Å²) in [7, 11) is -3.09. The second-order valence-corrected chi connectivity index (χ2v) is 6.79. The third-order valence-electron chi connectivity index (χ3n) is 3.41. The number of benzene rings is 1. The summed E-state index contributed by atoms with van der Waals surface area (Å²) in [6.45, 7) is 4.87. The van der Waals surface area contributed by atoms with E-state index in [2.05, 4.69) is 13.0 Å². The van der Waals surface area contributed by atoms with Crippen LogP contribution in [0.25, 0.3) is 5.57 Å². The van der Waals surface area contributed by atoms with E-state index in [0.29, 0.717) is 13.1 Å². The van der Waals surface area contributed by atoms with Crippen molar-refractivity contribution in [2.24, 2.45) is 0 Å². The Labute approximate surface area is 133 Å². The first-order valence-electron chi connectivity index (χ1n) is 6.17. The minimum absolute atomic E-state index is 0. The molecule has 0 unspecified atom stereocenters. The van der Waals surface area contributed by atoms with Crippen molar-refractivity contribution in [1.82, 2.24) is 4.31 Å². The fourth-order valence-electron chi connectivity index (χ4n) is 2.18. The molecule has 0 amide bonds. The smallest absolute Gasteiger partial charge is 0.358 e. The van der Waals surface area contributed by atoms with Gasteiger partial charge in [0, 0.05) is 13.1 Å². The van der Waals surface area contributed by atoms with Gasteiger partial charge in [0.05, 0.1) is 5.75 Å². The van der Waals surface area contributed by atoms with Gasteiger partial charge in [0.1, 0.15) is 0 Å². The topological polar surface area (TPSA) is 37.4 Å². The summed E-state index contributed by atoms with van der Waals surface area (Å²) in [5, 5.41) is 0. The van der Waals surface area contributed by atoms with E-state index in [1.807, 2.05) is 24.3 Å². The molecule has 0 aliphatic carbocycles. The van der Waals surface area contributed by atoms with E-state index in [0.717, 1.165) is 17.6 Å². The molecule has 0 N–H and O–H groups in total. The zero-order chi connectivity index (χ0) is 13.2. The molecule has 1 aromatic carbocycles. The average molecular weight is 335 g/mol. The maximum atomic E-state index is 11.9. The van der Waals surface area contributed by atoms with Gasteiger partial charge >= 0.3 is 17.1 Å². The summed E-state index contributed by atoms with van der Waals surface area (Å²) in [5.41, 5.74) is 3.51. The van der Waals surface area contributed by atoms with Crippen LogP contribution in [0.15, 0.2) is 29.8 Å². The van der Waals surface area contributed by atoms with E-state index in [4.69, 9.17) is 0 Å². The van der Waals surface area contributed by atoms with Gasteiger partial charge in [-0.25, -0.2) is 8.42 Å². The normalized spacial score (nSPS) is 16.3. The van der Waals surface area contributed by atoms with Crippen LogP contribution in [0.2, 0.25) is 0 Å². The van der Waals surface area contributed by atoms with Crippen LogP contribution in [0.3, 0.4) is 0 Å². The van der Waals surface area contributed by atoms with E-state index in [1.165, 1.54) is 5.57 Å². The summed E-state index contributed by atoms with van der Waals surface area (Å²) in [4.78, 5) is 0. The summed E-state index contributed by atoms with van der Waals surface area (Å²) in [6.07, 6.45) is 0.813. The molecule has 1 aliphatic rings. The molecule has 1 aliphatic heterocycles. The van der Waals surface area contributed by atoms with Crippen molar-refractivity contribution in [3.8, 4) is 0 Å². The molecule has 112 valence electrons. The van der Waals surface area contributed by atoms with Crippen molar-refractivity contribution in [3.63, 3.8) is 0 Å². The molecular formula is C15H21FeNO2S. The van der Waals surface area contributed by atoms with Crippen molar-refractivity contribution < 1.29 is 25.5 Å².